The van der Waals surface area contributed by atoms with Crippen LogP contribution in [0.15, 0.2) is 46.7 Å². The van der Waals surface area contributed by atoms with Crippen molar-refractivity contribution in [1.29, 1.82) is 0 Å². The van der Waals surface area contributed by atoms with Gasteiger partial charge in [0.25, 0.3) is 0 Å². The third kappa shape index (κ3) is 3.53. The Morgan fingerprint density at radius 1 is 1.30 bits per heavy atom. The van der Waals surface area contributed by atoms with Crippen molar-refractivity contribution in [1.82, 2.24) is 20.3 Å². The van der Waals surface area contributed by atoms with Crippen LogP contribution in [0.25, 0.3) is 17.3 Å². The van der Waals surface area contributed by atoms with Crippen molar-refractivity contribution in [2.45, 2.75) is 32.7 Å². The summed E-state index contributed by atoms with van der Waals surface area (Å²) in [5.41, 5.74) is 11.1. The van der Waals surface area contributed by atoms with Crippen LogP contribution in [0.4, 0.5) is 10.2 Å². The maximum Gasteiger partial charge on any atom is 0.246 e. The molecule has 0 spiro atoms. The molecule has 3 N–H and O–H groups in total. The number of nitrogens with one attached hydrogen (secondary N) is 1. The van der Waals surface area contributed by atoms with Crippen molar-refractivity contribution in [2.75, 3.05) is 5.73 Å². The van der Waals surface area contributed by atoms with Gasteiger partial charge < -0.3 is 15.5 Å². The van der Waals surface area contributed by atoms with E-state index in [1.165, 1.54) is 24.0 Å². The molecular weight excluding hydrogens is 345 g/mol. The minimum Gasteiger partial charge on any atom is -0.443 e. The van der Waals surface area contributed by atoms with E-state index in [2.05, 4.69) is 20.3 Å². The first-order valence-electron chi connectivity index (χ1n) is 8.86. The van der Waals surface area contributed by atoms with E-state index in [-0.39, 0.29) is 5.82 Å². The standard InChI is InChI=1S/C20H20FN5O/c1-12-16(20-23-8-9-27-20)26-19(22)18(25-12)17(14-5-3-6-14)24-11-13-4-2-7-15(21)10-13/h2,4,7-10,24H,3,5-6,11H2,1H3,(H2,22,26). The predicted molar refractivity (Wildman–Crippen MR) is 101 cm³/mol. The van der Waals surface area contributed by atoms with Crippen molar-refractivity contribution in [3.8, 4) is 11.6 Å². The van der Waals surface area contributed by atoms with Gasteiger partial charge in [0, 0.05) is 6.54 Å². The predicted octanol–water partition coefficient (Wildman–Crippen LogP) is 3.85. The number of oxazole rings is 1. The lowest BCUT2D eigenvalue weighted by atomic mass is 9.89. The van der Waals surface area contributed by atoms with Gasteiger partial charge in [-0.05, 0) is 49.5 Å². The van der Waals surface area contributed by atoms with Gasteiger partial charge in [-0.15, -0.1) is 0 Å². The van der Waals surface area contributed by atoms with Crippen LogP contribution in [-0.4, -0.2) is 15.0 Å². The molecular formula is C20H20FN5O. The molecule has 3 aromatic rings. The smallest absolute Gasteiger partial charge is 0.246 e. The van der Waals surface area contributed by atoms with E-state index >= 15 is 0 Å². The highest BCUT2D eigenvalue weighted by molar-refractivity contribution is 5.73. The minimum absolute atomic E-state index is 0.252. The number of rotatable bonds is 5. The topological polar surface area (TPSA) is 89.9 Å². The summed E-state index contributed by atoms with van der Waals surface area (Å²) in [6.45, 7) is 2.34. The van der Waals surface area contributed by atoms with E-state index in [4.69, 9.17) is 10.2 Å². The van der Waals surface area contributed by atoms with Crippen LogP contribution >= 0.6 is 0 Å². The zero-order chi connectivity index (χ0) is 18.8. The number of nitrogens with two attached hydrogens (primary N) is 1. The summed E-state index contributed by atoms with van der Waals surface area (Å²) in [5.74, 6) is 0.455. The molecule has 2 heterocycles. The van der Waals surface area contributed by atoms with Crippen LogP contribution < -0.4 is 11.1 Å². The van der Waals surface area contributed by atoms with Crippen molar-refractivity contribution in [3.05, 3.63) is 65.1 Å². The molecule has 4 rings (SSSR count). The molecule has 0 unspecified atom stereocenters. The molecule has 1 saturated carbocycles. The molecule has 1 aromatic carbocycles. The molecule has 0 amide bonds. The first kappa shape index (κ1) is 17.2. The van der Waals surface area contributed by atoms with Crippen LogP contribution in [0, 0.1) is 12.7 Å². The lowest BCUT2D eigenvalue weighted by Crippen LogP contribution is -2.20. The number of hydrogen-bond donors (Lipinski definition) is 2. The fourth-order valence-electron chi connectivity index (χ4n) is 3.08. The largest absolute Gasteiger partial charge is 0.443 e. The number of allylic oxidation sites excluding steroid dienone is 1. The van der Waals surface area contributed by atoms with E-state index in [1.807, 2.05) is 13.0 Å². The van der Waals surface area contributed by atoms with E-state index in [0.29, 0.717) is 35.3 Å². The molecule has 0 atom stereocenters. The molecule has 1 fully saturated rings. The molecule has 0 saturated heterocycles. The van der Waals surface area contributed by atoms with Gasteiger partial charge in [-0.2, -0.15) is 0 Å². The van der Waals surface area contributed by atoms with E-state index in [9.17, 15) is 4.39 Å². The Labute approximate surface area is 156 Å². The molecule has 0 radical (unpaired) electrons. The lowest BCUT2D eigenvalue weighted by Gasteiger charge is -2.24. The maximum absolute atomic E-state index is 13.4. The quantitative estimate of drug-likeness (QED) is 0.714. The molecule has 27 heavy (non-hydrogen) atoms. The fourth-order valence-corrected chi connectivity index (χ4v) is 3.08. The summed E-state index contributed by atoms with van der Waals surface area (Å²) in [7, 11) is 0. The Morgan fingerprint density at radius 3 is 2.81 bits per heavy atom. The fraction of sp³-hybridized carbons (Fsp3) is 0.250. The van der Waals surface area contributed by atoms with E-state index < -0.39 is 0 Å². The maximum atomic E-state index is 13.4. The number of anilines is 1. The third-order valence-electron chi connectivity index (χ3n) is 4.64. The molecule has 6 nitrogen and oxygen atoms in total. The second-order valence-corrected chi connectivity index (χ2v) is 6.54. The molecule has 138 valence electrons. The first-order chi connectivity index (χ1) is 13.1. The second-order valence-electron chi connectivity index (χ2n) is 6.54. The summed E-state index contributed by atoms with van der Waals surface area (Å²) >= 11 is 0. The Kier molecular flexibility index (Phi) is 4.58. The molecule has 0 aliphatic heterocycles. The summed E-state index contributed by atoms with van der Waals surface area (Å²) in [6.07, 6.45) is 6.17. The van der Waals surface area contributed by atoms with E-state index in [0.717, 1.165) is 30.5 Å². The van der Waals surface area contributed by atoms with Gasteiger partial charge in [0.05, 0.1) is 17.6 Å². The minimum atomic E-state index is -0.252. The number of aryl methyl sites for hydroxylation is 1. The SMILES string of the molecule is Cc1nc(C(NCc2cccc(F)c2)=C2CCC2)c(N)nc1-c1ncco1. The van der Waals surface area contributed by atoms with Gasteiger partial charge in [-0.1, -0.05) is 12.1 Å². The molecule has 1 aliphatic carbocycles. The molecule has 0 bridgehead atoms. The van der Waals surface area contributed by atoms with Crippen LogP contribution in [0.3, 0.4) is 0 Å². The lowest BCUT2D eigenvalue weighted by molar-refractivity contribution is 0.571. The Balaban J connectivity index is 1.66. The zero-order valence-corrected chi connectivity index (χ0v) is 15.0. The van der Waals surface area contributed by atoms with Gasteiger partial charge in [0.2, 0.25) is 5.89 Å². The first-order valence-corrected chi connectivity index (χ1v) is 8.86. The van der Waals surface area contributed by atoms with Crippen LogP contribution in [0.2, 0.25) is 0 Å². The number of aromatic nitrogens is 3. The van der Waals surface area contributed by atoms with Crippen LogP contribution in [0.1, 0.15) is 36.2 Å². The van der Waals surface area contributed by atoms with Gasteiger partial charge in [0.15, 0.2) is 5.82 Å². The van der Waals surface area contributed by atoms with Gasteiger partial charge in [0.1, 0.15) is 23.5 Å². The van der Waals surface area contributed by atoms with Crippen molar-refractivity contribution < 1.29 is 8.81 Å². The second kappa shape index (κ2) is 7.19. The Morgan fingerprint density at radius 2 is 2.15 bits per heavy atom. The highest BCUT2D eigenvalue weighted by Gasteiger charge is 2.22. The van der Waals surface area contributed by atoms with Crippen molar-refractivity contribution in [2.24, 2.45) is 0 Å². The number of nitrogen functional groups attached to an aromatic ring is 1. The summed E-state index contributed by atoms with van der Waals surface area (Å²) < 4.78 is 18.8. The average Bonchev–Trinajstić information content (AvgIpc) is 3.13. The monoisotopic (exact) mass is 365 g/mol. The van der Waals surface area contributed by atoms with E-state index in [1.54, 1.807) is 12.3 Å². The third-order valence-corrected chi connectivity index (χ3v) is 4.64. The Hall–Kier alpha value is -3.22. The zero-order valence-electron chi connectivity index (χ0n) is 15.0. The van der Waals surface area contributed by atoms with Gasteiger partial charge >= 0.3 is 0 Å². The number of benzene rings is 1. The highest BCUT2D eigenvalue weighted by atomic mass is 19.1. The molecule has 2 aromatic heterocycles. The average molecular weight is 365 g/mol. The summed E-state index contributed by atoms with van der Waals surface area (Å²) in [6, 6.07) is 6.53. The Bertz CT molecular complexity index is 992. The van der Waals surface area contributed by atoms with Crippen molar-refractivity contribution >= 4 is 11.5 Å². The van der Waals surface area contributed by atoms with Gasteiger partial charge in [-0.25, -0.2) is 19.3 Å². The van der Waals surface area contributed by atoms with Crippen LogP contribution in [-0.2, 0) is 6.54 Å². The van der Waals surface area contributed by atoms with Gasteiger partial charge in [-0.3, -0.25) is 0 Å². The normalized spacial score (nSPS) is 13.3. The highest BCUT2D eigenvalue weighted by Crippen LogP contribution is 2.34. The summed E-state index contributed by atoms with van der Waals surface area (Å²) in [4.78, 5) is 13.3. The molecule has 7 heteroatoms. The number of halogens is 1. The summed E-state index contributed by atoms with van der Waals surface area (Å²) in [5, 5.41) is 3.40. The number of hydrogen-bond acceptors (Lipinski definition) is 6. The van der Waals surface area contributed by atoms with Crippen molar-refractivity contribution in [3.63, 3.8) is 0 Å². The van der Waals surface area contributed by atoms with Crippen LogP contribution in [0.5, 0.6) is 0 Å². The molecule has 1 aliphatic rings. The number of nitrogens with zero attached hydrogens (tertiary/aromatic N) is 3.